The van der Waals surface area contributed by atoms with E-state index in [1.165, 1.54) is 53.8 Å². The Morgan fingerprint density at radius 3 is 2.02 bits per heavy atom. The molecule has 0 radical (unpaired) electrons. The summed E-state index contributed by atoms with van der Waals surface area (Å²) in [5, 5.41) is 4.46. The van der Waals surface area contributed by atoms with E-state index in [2.05, 4.69) is 19.4 Å². The Hall–Kier alpha value is -6.92. The molecule has 0 fully saturated rings. The Kier molecular flexibility index (Phi) is 14.2. The van der Waals surface area contributed by atoms with Gasteiger partial charge in [0.2, 0.25) is 5.89 Å². The molecule has 320 valence electrons. The average Bonchev–Trinajstić information content (AvgIpc) is 4.11. The third kappa shape index (κ3) is 12.1. The maximum Gasteiger partial charge on any atom is 0.273 e. The lowest BCUT2D eigenvalue weighted by Crippen LogP contribution is -2.30. The van der Waals surface area contributed by atoms with Crippen LogP contribution in [0.2, 0.25) is 0 Å². The molecule has 3 aromatic heterocycles. The summed E-state index contributed by atoms with van der Waals surface area (Å²) in [4.78, 5) is 33.8. The number of carbonyl (C=O) groups excluding carboxylic acids is 2. The molecule has 0 aliphatic rings. The second-order valence-electron chi connectivity index (χ2n) is 13.6. The molecule has 0 aliphatic heterocycles. The molecular weight excluding hydrogens is 881 g/mol. The Bertz CT molecular complexity index is 2990. The first-order valence-electron chi connectivity index (χ1n) is 19.1. The van der Waals surface area contributed by atoms with E-state index >= 15 is 0 Å². The average molecular weight is 919 g/mol. The first-order valence-corrected chi connectivity index (χ1v) is 23.8. The Morgan fingerprint density at radius 1 is 0.635 bits per heavy atom. The van der Waals surface area contributed by atoms with Crippen molar-refractivity contribution < 1.29 is 40.3 Å². The topological polar surface area (TPSA) is 184 Å². The first kappa shape index (κ1) is 44.1. The SMILES string of the molecule is Cc1ccc(S(=O)(=O)NC(=O)c2cccc(OCc3csc(-c4ccccc4)n3)c2)cc1.O=C(NS(=O)(=O)c1cccs1)c1ccc(OCCc2coc(-c3ccccc3)n2)cc1. The van der Waals surface area contributed by atoms with E-state index in [0.717, 1.165) is 44.4 Å². The van der Waals surface area contributed by atoms with E-state index in [4.69, 9.17) is 13.9 Å². The highest BCUT2D eigenvalue weighted by Gasteiger charge is 2.21. The second kappa shape index (κ2) is 20.3. The fourth-order valence-corrected chi connectivity index (χ4v) is 9.44. The monoisotopic (exact) mass is 918 g/mol. The van der Waals surface area contributed by atoms with Crippen molar-refractivity contribution in [2.75, 3.05) is 6.61 Å². The van der Waals surface area contributed by atoms with Crippen LogP contribution in [0.25, 0.3) is 22.0 Å². The minimum absolute atomic E-state index is 0.0293. The van der Waals surface area contributed by atoms with Crippen molar-refractivity contribution in [3.63, 3.8) is 0 Å². The van der Waals surface area contributed by atoms with Gasteiger partial charge in [0, 0.05) is 34.1 Å². The number of hydrogen-bond acceptors (Lipinski definition) is 13. The van der Waals surface area contributed by atoms with Gasteiger partial charge in [-0.2, -0.15) is 0 Å². The van der Waals surface area contributed by atoms with Gasteiger partial charge in [-0.1, -0.05) is 78.4 Å². The Labute approximate surface area is 372 Å². The summed E-state index contributed by atoms with van der Waals surface area (Å²) < 4.78 is 70.5. The van der Waals surface area contributed by atoms with Gasteiger partial charge in [-0.05, 0) is 85.1 Å². The van der Waals surface area contributed by atoms with Crippen LogP contribution in [0.15, 0.2) is 176 Å². The summed E-state index contributed by atoms with van der Waals surface area (Å²) in [6.45, 7) is 2.46. The van der Waals surface area contributed by atoms with E-state index in [0.29, 0.717) is 30.4 Å². The quantitative estimate of drug-likeness (QED) is 0.100. The number of thiophene rings is 1. The van der Waals surface area contributed by atoms with Crippen LogP contribution >= 0.6 is 22.7 Å². The number of nitrogens with one attached hydrogen (secondary N) is 2. The number of carbonyl (C=O) groups is 2. The summed E-state index contributed by atoms with van der Waals surface area (Å²) in [6, 6.07) is 41.4. The predicted molar refractivity (Wildman–Crippen MR) is 241 cm³/mol. The van der Waals surface area contributed by atoms with Crippen molar-refractivity contribution in [3.8, 4) is 33.5 Å². The van der Waals surface area contributed by atoms with Crippen LogP contribution < -0.4 is 18.9 Å². The van der Waals surface area contributed by atoms with E-state index in [1.807, 2.05) is 73.0 Å². The fraction of sp³-hybridized carbons (Fsp3) is 0.0870. The highest BCUT2D eigenvalue weighted by atomic mass is 32.2. The number of rotatable bonds is 15. The summed E-state index contributed by atoms with van der Waals surface area (Å²) in [7, 11) is -7.83. The molecule has 0 bridgehead atoms. The Balaban J connectivity index is 0.000000189. The number of amides is 2. The van der Waals surface area contributed by atoms with Crippen molar-refractivity contribution >= 4 is 54.5 Å². The maximum atomic E-state index is 12.5. The molecule has 0 spiro atoms. The molecule has 0 unspecified atom stereocenters. The number of nitrogens with zero attached hydrogens (tertiary/aromatic N) is 2. The van der Waals surface area contributed by atoms with Gasteiger partial charge in [0.05, 0.1) is 22.9 Å². The van der Waals surface area contributed by atoms with Crippen molar-refractivity contribution in [2.45, 2.75) is 29.1 Å². The zero-order chi connectivity index (χ0) is 44.2. The smallest absolute Gasteiger partial charge is 0.273 e. The number of sulfonamides is 2. The normalized spacial score (nSPS) is 11.2. The van der Waals surface area contributed by atoms with Gasteiger partial charge in [-0.3, -0.25) is 9.59 Å². The van der Waals surface area contributed by atoms with E-state index in [1.54, 1.807) is 54.1 Å². The molecule has 2 N–H and O–H groups in total. The Morgan fingerprint density at radius 2 is 1.32 bits per heavy atom. The summed E-state index contributed by atoms with van der Waals surface area (Å²) in [5.74, 6) is 0.139. The van der Waals surface area contributed by atoms with Crippen molar-refractivity contribution in [1.29, 1.82) is 0 Å². The number of hydrogen-bond donors (Lipinski definition) is 2. The van der Waals surface area contributed by atoms with Gasteiger partial charge in [-0.25, -0.2) is 36.2 Å². The lowest BCUT2D eigenvalue weighted by Gasteiger charge is -2.09. The number of aryl methyl sites for hydroxylation is 1. The second-order valence-corrected chi connectivity index (χ2v) is 19.0. The van der Waals surface area contributed by atoms with Crippen LogP contribution in [0.5, 0.6) is 11.5 Å². The van der Waals surface area contributed by atoms with E-state index in [9.17, 15) is 26.4 Å². The molecule has 17 heteroatoms. The third-order valence-electron chi connectivity index (χ3n) is 8.92. The number of ether oxygens (including phenoxy) is 2. The molecule has 8 rings (SSSR count). The first-order chi connectivity index (χ1) is 30.4. The molecule has 0 saturated heterocycles. The summed E-state index contributed by atoms with van der Waals surface area (Å²) in [5.41, 5.74) is 4.81. The number of aromatic nitrogens is 2. The van der Waals surface area contributed by atoms with Crippen LogP contribution in [0, 0.1) is 6.92 Å². The van der Waals surface area contributed by atoms with Gasteiger partial charge in [0.15, 0.2) is 0 Å². The van der Waals surface area contributed by atoms with Crippen LogP contribution in [-0.2, 0) is 33.1 Å². The summed E-state index contributed by atoms with van der Waals surface area (Å²) in [6.07, 6.45) is 2.16. The van der Waals surface area contributed by atoms with Crippen LogP contribution in [0.3, 0.4) is 0 Å². The van der Waals surface area contributed by atoms with Crippen LogP contribution in [0.1, 0.15) is 37.7 Å². The molecule has 8 aromatic rings. The lowest BCUT2D eigenvalue weighted by molar-refractivity contribution is 0.0972. The zero-order valence-electron chi connectivity index (χ0n) is 33.4. The third-order valence-corrected chi connectivity index (χ3v) is 13.9. The van der Waals surface area contributed by atoms with Gasteiger partial charge in [-0.15, -0.1) is 22.7 Å². The predicted octanol–water partition coefficient (Wildman–Crippen LogP) is 8.96. The van der Waals surface area contributed by atoms with Gasteiger partial charge in [0.25, 0.3) is 31.9 Å². The molecule has 0 aliphatic carbocycles. The largest absolute Gasteiger partial charge is 0.493 e. The number of oxazole rings is 1. The fourth-order valence-electron chi connectivity index (χ4n) is 5.69. The molecule has 3 heterocycles. The number of benzene rings is 5. The minimum atomic E-state index is -3.97. The van der Waals surface area contributed by atoms with E-state index < -0.39 is 31.9 Å². The highest BCUT2D eigenvalue weighted by Crippen LogP contribution is 2.25. The van der Waals surface area contributed by atoms with Crippen molar-refractivity contribution in [2.24, 2.45) is 0 Å². The highest BCUT2D eigenvalue weighted by molar-refractivity contribution is 7.92. The molecule has 5 aromatic carbocycles. The van der Waals surface area contributed by atoms with Gasteiger partial charge >= 0.3 is 0 Å². The van der Waals surface area contributed by atoms with Gasteiger partial charge in [0.1, 0.15) is 33.6 Å². The molecule has 0 saturated carbocycles. The molecular formula is C46H38N4O9S4. The standard InChI is InChI=1S/C24H20N2O4S2.C22H18N2O5S2/c1-17-10-12-22(13-11-17)32(28,29)26-23(27)19-8-5-9-21(14-19)30-15-20-16-31-24(25-20)18-6-3-2-4-7-18;25-21(24-31(26,27)20-7-4-14-30-20)16-8-10-19(11-9-16)28-13-12-18-15-29-22(23-18)17-5-2-1-3-6-17/h2-14,16H,15H2,1H3,(H,26,27);1-11,14-15H,12-13H2,(H,24,25). The van der Waals surface area contributed by atoms with Crippen LogP contribution in [0.4, 0.5) is 0 Å². The minimum Gasteiger partial charge on any atom is -0.493 e. The van der Waals surface area contributed by atoms with Crippen molar-refractivity contribution in [1.82, 2.24) is 19.4 Å². The van der Waals surface area contributed by atoms with Crippen LogP contribution in [-0.4, -0.2) is 45.2 Å². The molecule has 2 amide bonds. The zero-order valence-corrected chi connectivity index (χ0v) is 36.7. The van der Waals surface area contributed by atoms with Crippen molar-refractivity contribution in [3.05, 3.63) is 191 Å². The molecule has 13 nitrogen and oxygen atoms in total. The van der Waals surface area contributed by atoms with Gasteiger partial charge < -0.3 is 13.9 Å². The lowest BCUT2D eigenvalue weighted by atomic mass is 10.2. The maximum absolute atomic E-state index is 12.5. The summed E-state index contributed by atoms with van der Waals surface area (Å²) >= 11 is 2.57. The number of thiazole rings is 1. The molecule has 63 heavy (non-hydrogen) atoms. The van der Waals surface area contributed by atoms with E-state index in [-0.39, 0.29) is 26.8 Å². The molecule has 0 atom stereocenters.